The molecule has 2 saturated heterocycles. The lowest BCUT2D eigenvalue weighted by Gasteiger charge is -2.39. The molecule has 0 aliphatic carbocycles. The second-order valence-corrected chi connectivity index (χ2v) is 8.35. The fraction of sp³-hybridized carbons (Fsp3) is 0.458. The first-order valence-corrected chi connectivity index (χ1v) is 11.2. The van der Waals surface area contributed by atoms with Crippen molar-refractivity contribution in [2.24, 2.45) is 5.92 Å². The summed E-state index contributed by atoms with van der Waals surface area (Å²) >= 11 is 0. The predicted molar refractivity (Wildman–Crippen MR) is 119 cm³/mol. The van der Waals surface area contributed by atoms with Crippen molar-refractivity contribution < 1.29 is 19.4 Å². The number of amides is 2. The number of hydrogen-bond donors (Lipinski definition) is 3. The zero-order chi connectivity index (χ0) is 22.3. The minimum absolute atomic E-state index is 0.0640. The molecule has 2 aliphatic heterocycles. The predicted octanol–water partition coefficient (Wildman–Crippen LogP) is 1.28. The Bertz CT molecular complexity index is 887. The number of rotatable bonds is 6. The molecule has 1 aromatic carbocycles. The standard InChI is InChI=1S/C24H30N4O4/c29-16-27-23(30)20-14-19(32-21-8-4-5-11-25-21)15-26-22(20)24(31)28-12-9-18(10-13-28)17-6-2-1-3-7-17/h1-8,11,18-20,22,26,29H,9-10,12-16H2,(H,27,30)/t19-,20-,22-/m0/s1. The Morgan fingerprint density at radius 1 is 1.12 bits per heavy atom. The van der Waals surface area contributed by atoms with Crippen molar-refractivity contribution >= 4 is 11.8 Å². The van der Waals surface area contributed by atoms with Crippen LogP contribution in [0.4, 0.5) is 0 Å². The summed E-state index contributed by atoms with van der Waals surface area (Å²) < 4.78 is 5.91. The lowest BCUT2D eigenvalue weighted by molar-refractivity contribution is -0.142. The highest BCUT2D eigenvalue weighted by molar-refractivity contribution is 5.90. The summed E-state index contributed by atoms with van der Waals surface area (Å²) in [6.45, 7) is 1.30. The largest absolute Gasteiger partial charge is 0.473 e. The van der Waals surface area contributed by atoms with Crippen LogP contribution in [0.3, 0.4) is 0 Å². The van der Waals surface area contributed by atoms with Gasteiger partial charge < -0.3 is 25.4 Å². The van der Waals surface area contributed by atoms with Crippen LogP contribution in [0.25, 0.3) is 0 Å². The van der Waals surface area contributed by atoms with E-state index in [0.29, 0.717) is 37.9 Å². The average Bonchev–Trinajstić information content (AvgIpc) is 2.85. The molecule has 2 amide bonds. The first-order chi connectivity index (χ1) is 15.7. The molecule has 0 bridgehead atoms. The number of piperidine rings is 2. The van der Waals surface area contributed by atoms with Gasteiger partial charge in [-0.3, -0.25) is 9.59 Å². The number of aliphatic hydroxyl groups excluding tert-OH is 1. The second kappa shape index (κ2) is 10.6. The van der Waals surface area contributed by atoms with E-state index in [4.69, 9.17) is 4.74 Å². The normalized spacial score (nSPS) is 24.0. The van der Waals surface area contributed by atoms with Crippen molar-refractivity contribution in [1.29, 1.82) is 0 Å². The van der Waals surface area contributed by atoms with Crippen molar-refractivity contribution in [2.75, 3.05) is 26.4 Å². The topological polar surface area (TPSA) is 104 Å². The number of nitrogens with zero attached hydrogens (tertiary/aromatic N) is 2. The molecule has 0 saturated carbocycles. The van der Waals surface area contributed by atoms with Crippen molar-refractivity contribution in [3.05, 3.63) is 60.3 Å². The quantitative estimate of drug-likeness (QED) is 0.587. The van der Waals surface area contributed by atoms with Crippen molar-refractivity contribution in [2.45, 2.75) is 37.3 Å². The SMILES string of the molecule is O=C(NCO)[C@H]1C[C@H](Oc2ccccn2)CN[C@@H]1C(=O)N1CCC(c2ccccc2)CC1. The first-order valence-electron chi connectivity index (χ1n) is 11.2. The van der Waals surface area contributed by atoms with E-state index < -0.39 is 18.7 Å². The monoisotopic (exact) mass is 438 g/mol. The van der Waals surface area contributed by atoms with Gasteiger partial charge >= 0.3 is 0 Å². The van der Waals surface area contributed by atoms with Crippen LogP contribution in [0.15, 0.2) is 54.7 Å². The molecule has 0 radical (unpaired) electrons. The smallest absolute Gasteiger partial charge is 0.240 e. The van der Waals surface area contributed by atoms with E-state index in [1.807, 2.05) is 29.2 Å². The van der Waals surface area contributed by atoms with Crippen LogP contribution in [0.1, 0.15) is 30.7 Å². The van der Waals surface area contributed by atoms with Crippen molar-refractivity contribution in [3.8, 4) is 5.88 Å². The molecule has 4 rings (SSSR count). The second-order valence-electron chi connectivity index (χ2n) is 8.35. The van der Waals surface area contributed by atoms with Gasteiger partial charge in [-0.05, 0) is 36.8 Å². The highest BCUT2D eigenvalue weighted by Gasteiger charge is 2.42. The summed E-state index contributed by atoms with van der Waals surface area (Å²) in [5.74, 6) is -0.126. The van der Waals surface area contributed by atoms with Gasteiger partial charge in [-0.2, -0.15) is 0 Å². The van der Waals surface area contributed by atoms with Crippen LogP contribution in [-0.4, -0.2) is 65.3 Å². The summed E-state index contributed by atoms with van der Waals surface area (Å²) in [7, 11) is 0. The molecule has 0 spiro atoms. The lowest BCUT2D eigenvalue weighted by Crippen LogP contribution is -2.61. The van der Waals surface area contributed by atoms with E-state index in [1.165, 1.54) is 5.56 Å². The van der Waals surface area contributed by atoms with Crippen LogP contribution < -0.4 is 15.4 Å². The number of carbonyl (C=O) groups is 2. The Hall–Kier alpha value is -2.97. The molecule has 32 heavy (non-hydrogen) atoms. The molecule has 170 valence electrons. The summed E-state index contributed by atoms with van der Waals surface area (Å²) in [5.41, 5.74) is 1.31. The fourth-order valence-electron chi connectivity index (χ4n) is 4.66. The summed E-state index contributed by atoms with van der Waals surface area (Å²) in [6.07, 6.45) is 3.52. The molecule has 2 aliphatic rings. The van der Waals surface area contributed by atoms with E-state index in [9.17, 15) is 14.7 Å². The number of nitrogens with one attached hydrogen (secondary N) is 2. The third kappa shape index (κ3) is 5.26. The van der Waals surface area contributed by atoms with Gasteiger partial charge in [0.25, 0.3) is 0 Å². The number of aliphatic hydroxyl groups is 1. The van der Waals surface area contributed by atoms with Gasteiger partial charge in [0.05, 0.1) is 12.0 Å². The van der Waals surface area contributed by atoms with Crippen LogP contribution in [0.5, 0.6) is 5.88 Å². The van der Waals surface area contributed by atoms with Gasteiger partial charge in [0, 0.05) is 31.9 Å². The van der Waals surface area contributed by atoms with Gasteiger partial charge in [0.2, 0.25) is 17.7 Å². The Morgan fingerprint density at radius 2 is 1.88 bits per heavy atom. The molecule has 3 N–H and O–H groups in total. The molecular formula is C24H30N4O4. The number of pyridine rings is 1. The lowest BCUT2D eigenvalue weighted by atomic mass is 9.85. The molecule has 2 aromatic rings. The van der Waals surface area contributed by atoms with Gasteiger partial charge in [0.1, 0.15) is 12.8 Å². The van der Waals surface area contributed by atoms with Crippen molar-refractivity contribution in [3.63, 3.8) is 0 Å². The molecule has 1 aromatic heterocycles. The maximum Gasteiger partial charge on any atom is 0.240 e. The molecule has 8 heteroatoms. The summed E-state index contributed by atoms with van der Waals surface area (Å²) in [5, 5.41) is 14.9. The van der Waals surface area contributed by atoms with Crippen LogP contribution >= 0.6 is 0 Å². The van der Waals surface area contributed by atoms with E-state index >= 15 is 0 Å². The third-order valence-electron chi connectivity index (χ3n) is 6.34. The highest BCUT2D eigenvalue weighted by Crippen LogP contribution is 2.29. The maximum atomic E-state index is 13.3. The van der Waals surface area contributed by atoms with Crippen LogP contribution in [-0.2, 0) is 9.59 Å². The molecule has 3 heterocycles. The number of likely N-dealkylation sites (tertiary alicyclic amines) is 1. The van der Waals surface area contributed by atoms with Crippen LogP contribution in [0, 0.1) is 5.92 Å². The van der Waals surface area contributed by atoms with Gasteiger partial charge in [-0.25, -0.2) is 4.98 Å². The Labute approximate surface area is 188 Å². The Balaban J connectivity index is 1.39. The third-order valence-corrected chi connectivity index (χ3v) is 6.34. The Morgan fingerprint density at radius 3 is 2.56 bits per heavy atom. The van der Waals surface area contributed by atoms with E-state index in [0.717, 1.165) is 12.8 Å². The molecule has 3 atom stereocenters. The zero-order valence-electron chi connectivity index (χ0n) is 18.0. The summed E-state index contributed by atoms with van der Waals surface area (Å²) in [6, 6.07) is 15.1. The molecule has 0 unspecified atom stereocenters. The number of ether oxygens (including phenoxy) is 1. The van der Waals surface area contributed by atoms with Gasteiger partial charge in [-0.1, -0.05) is 36.4 Å². The number of benzene rings is 1. The minimum atomic E-state index is -0.640. The molecule has 2 fully saturated rings. The average molecular weight is 439 g/mol. The fourth-order valence-corrected chi connectivity index (χ4v) is 4.66. The number of aromatic nitrogens is 1. The Kier molecular flexibility index (Phi) is 7.34. The highest BCUT2D eigenvalue weighted by atomic mass is 16.5. The van der Waals surface area contributed by atoms with E-state index in [1.54, 1.807) is 18.3 Å². The van der Waals surface area contributed by atoms with E-state index in [2.05, 4.69) is 27.8 Å². The van der Waals surface area contributed by atoms with Gasteiger partial charge in [0.15, 0.2) is 0 Å². The maximum absolute atomic E-state index is 13.3. The summed E-state index contributed by atoms with van der Waals surface area (Å²) in [4.78, 5) is 32.1. The number of carbonyl (C=O) groups excluding carboxylic acids is 2. The first kappa shape index (κ1) is 22.2. The zero-order valence-corrected chi connectivity index (χ0v) is 18.0. The molecular weight excluding hydrogens is 408 g/mol. The van der Waals surface area contributed by atoms with E-state index in [-0.39, 0.29) is 17.9 Å². The van der Waals surface area contributed by atoms with Crippen molar-refractivity contribution in [1.82, 2.24) is 20.5 Å². The molecule has 8 nitrogen and oxygen atoms in total. The van der Waals surface area contributed by atoms with Crippen LogP contribution in [0.2, 0.25) is 0 Å². The number of hydrogen-bond acceptors (Lipinski definition) is 6. The minimum Gasteiger partial charge on any atom is -0.473 e. The van der Waals surface area contributed by atoms with Gasteiger partial charge in [-0.15, -0.1) is 0 Å².